The number of H-pyrrole nitrogens is 1. The molecule has 4 aromatic rings. The Hall–Kier alpha value is -4.04. The highest BCUT2D eigenvalue weighted by atomic mass is 16.5. The lowest BCUT2D eigenvalue weighted by atomic mass is 10.1. The predicted octanol–water partition coefficient (Wildman–Crippen LogP) is 5.52. The number of para-hydroxylation sites is 2. The minimum absolute atomic E-state index is 0.446. The number of nitrogens with one attached hydrogen (secondary N) is 1. The van der Waals surface area contributed by atoms with E-state index in [0.717, 1.165) is 22.2 Å². The summed E-state index contributed by atoms with van der Waals surface area (Å²) in [7, 11) is 1.60. The quantitative estimate of drug-likeness (QED) is 0.436. The molecule has 3 aromatic carbocycles. The van der Waals surface area contributed by atoms with Gasteiger partial charge in [-0.3, -0.25) is 0 Å². The Balaban J connectivity index is 1.57. The molecule has 30 heavy (non-hydrogen) atoms. The number of aryl methyl sites for hydroxylation is 1. The monoisotopic (exact) mass is 395 g/mol. The van der Waals surface area contributed by atoms with Crippen molar-refractivity contribution in [1.82, 2.24) is 9.97 Å². The molecule has 1 aromatic heterocycles. The number of aromatic amines is 1. The Morgan fingerprint density at radius 1 is 1.07 bits per heavy atom. The second-order valence-electron chi connectivity index (χ2n) is 6.96. The van der Waals surface area contributed by atoms with Crippen LogP contribution in [0.15, 0.2) is 66.7 Å². The molecule has 5 nitrogen and oxygen atoms in total. The zero-order chi connectivity index (χ0) is 20.9. The molecule has 0 spiro atoms. The van der Waals surface area contributed by atoms with E-state index < -0.39 is 0 Å². The second-order valence-corrected chi connectivity index (χ2v) is 6.96. The minimum Gasteiger partial charge on any atom is -0.493 e. The molecule has 0 unspecified atom stereocenters. The first kappa shape index (κ1) is 19.3. The molecule has 5 heteroatoms. The number of nitriles is 1. The second kappa shape index (κ2) is 8.54. The minimum atomic E-state index is 0.446. The Labute approximate surface area is 175 Å². The zero-order valence-electron chi connectivity index (χ0n) is 16.8. The molecule has 0 amide bonds. The summed E-state index contributed by atoms with van der Waals surface area (Å²) in [5.41, 5.74) is 5.29. The van der Waals surface area contributed by atoms with E-state index in [-0.39, 0.29) is 0 Å². The van der Waals surface area contributed by atoms with Crippen LogP contribution < -0.4 is 9.47 Å². The average molecular weight is 395 g/mol. The summed E-state index contributed by atoms with van der Waals surface area (Å²) in [5, 5.41) is 9.64. The summed E-state index contributed by atoms with van der Waals surface area (Å²) in [6.45, 7) is 2.51. The molecule has 0 aliphatic carbocycles. The number of ether oxygens (including phenoxy) is 2. The van der Waals surface area contributed by atoms with Crippen molar-refractivity contribution in [3.8, 4) is 17.6 Å². The molecule has 148 valence electrons. The number of allylic oxidation sites excluding steroid dienone is 1. The van der Waals surface area contributed by atoms with Crippen molar-refractivity contribution in [1.29, 1.82) is 5.26 Å². The van der Waals surface area contributed by atoms with E-state index in [4.69, 9.17) is 9.47 Å². The van der Waals surface area contributed by atoms with Gasteiger partial charge in [0.25, 0.3) is 0 Å². The van der Waals surface area contributed by atoms with Gasteiger partial charge in [0.2, 0.25) is 0 Å². The van der Waals surface area contributed by atoms with E-state index in [1.165, 1.54) is 5.56 Å². The first-order valence-corrected chi connectivity index (χ1v) is 9.59. The summed E-state index contributed by atoms with van der Waals surface area (Å²) < 4.78 is 11.4. The lowest BCUT2D eigenvalue weighted by Crippen LogP contribution is -1.98. The summed E-state index contributed by atoms with van der Waals surface area (Å²) in [5.74, 6) is 1.80. The number of benzene rings is 3. The number of fused-ring (bicyclic) bond motifs is 1. The number of hydrogen-bond donors (Lipinski definition) is 1. The maximum Gasteiger partial charge on any atom is 0.161 e. The van der Waals surface area contributed by atoms with Crippen LogP contribution in [0.25, 0.3) is 22.7 Å². The molecular weight excluding hydrogens is 374 g/mol. The lowest BCUT2D eigenvalue weighted by molar-refractivity contribution is 0.284. The van der Waals surface area contributed by atoms with Crippen molar-refractivity contribution in [2.45, 2.75) is 13.5 Å². The van der Waals surface area contributed by atoms with Crippen LogP contribution in [0, 0.1) is 18.3 Å². The highest BCUT2D eigenvalue weighted by Crippen LogP contribution is 2.30. The van der Waals surface area contributed by atoms with Gasteiger partial charge < -0.3 is 14.5 Å². The molecule has 4 rings (SSSR count). The van der Waals surface area contributed by atoms with Crippen LogP contribution in [0.4, 0.5) is 0 Å². The largest absolute Gasteiger partial charge is 0.493 e. The van der Waals surface area contributed by atoms with Gasteiger partial charge in [-0.05, 0) is 48.4 Å². The van der Waals surface area contributed by atoms with Crippen LogP contribution >= 0.6 is 0 Å². The van der Waals surface area contributed by atoms with Crippen molar-refractivity contribution < 1.29 is 9.47 Å². The topological polar surface area (TPSA) is 70.9 Å². The molecule has 0 saturated carbocycles. The fourth-order valence-electron chi connectivity index (χ4n) is 3.14. The van der Waals surface area contributed by atoms with Gasteiger partial charge in [0.1, 0.15) is 18.5 Å². The average Bonchev–Trinajstić information content (AvgIpc) is 3.21. The van der Waals surface area contributed by atoms with Crippen LogP contribution in [0.2, 0.25) is 0 Å². The molecule has 0 atom stereocenters. The normalized spacial score (nSPS) is 11.3. The Bertz CT molecular complexity index is 1210. The van der Waals surface area contributed by atoms with Crippen LogP contribution in [0.5, 0.6) is 11.5 Å². The maximum absolute atomic E-state index is 9.64. The van der Waals surface area contributed by atoms with Gasteiger partial charge in [0, 0.05) is 0 Å². The number of methoxy groups -OCH3 is 1. The van der Waals surface area contributed by atoms with E-state index in [0.29, 0.717) is 29.5 Å². The van der Waals surface area contributed by atoms with Gasteiger partial charge in [-0.15, -0.1) is 0 Å². The van der Waals surface area contributed by atoms with Crippen molar-refractivity contribution in [2.75, 3.05) is 7.11 Å². The van der Waals surface area contributed by atoms with Crippen LogP contribution in [0.3, 0.4) is 0 Å². The molecule has 0 fully saturated rings. The Morgan fingerprint density at radius 3 is 2.60 bits per heavy atom. The summed E-state index contributed by atoms with van der Waals surface area (Å²) in [6.07, 6.45) is 1.78. The summed E-state index contributed by atoms with van der Waals surface area (Å²) in [6, 6.07) is 23.7. The van der Waals surface area contributed by atoms with Crippen molar-refractivity contribution in [3.05, 3.63) is 89.2 Å². The van der Waals surface area contributed by atoms with Gasteiger partial charge in [0.05, 0.1) is 23.7 Å². The molecule has 0 saturated heterocycles. The third-order valence-electron chi connectivity index (χ3n) is 4.78. The van der Waals surface area contributed by atoms with Gasteiger partial charge >= 0.3 is 0 Å². The van der Waals surface area contributed by atoms with E-state index in [1.54, 1.807) is 13.2 Å². The zero-order valence-corrected chi connectivity index (χ0v) is 16.8. The number of rotatable bonds is 6. The van der Waals surface area contributed by atoms with Crippen LogP contribution in [0.1, 0.15) is 22.5 Å². The number of imidazole rings is 1. The highest BCUT2D eigenvalue weighted by molar-refractivity contribution is 5.90. The van der Waals surface area contributed by atoms with Crippen molar-refractivity contribution in [3.63, 3.8) is 0 Å². The summed E-state index contributed by atoms with van der Waals surface area (Å²) in [4.78, 5) is 7.70. The van der Waals surface area contributed by atoms with Gasteiger partial charge in [-0.1, -0.05) is 48.0 Å². The van der Waals surface area contributed by atoms with Crippen molar-refractivity contribution >= 4 is 22.7 Å². The number of hydrogen-bond acceptors (Lipinski definition) is 4. The molecule has 1 heterocycles. The molecule has 0 aliphatic heterocycles. The number of nitrogens with zero attached hydrogens (tertiary/aromatic N) is 2. The van der Waals surface area contributed by atoms with Gasteiger partial charge in [-0.25, -0.2) is 4.98 Å². The predicted molar refractivity (Wildman–Crippen MR) is 118 cm³/mol. The number of aromatic nitrogens is 2. The van der Waals surface area contributed by atoms with E-state index in [1.807, 2.05) is 54.6 Å². The molecule has 0 radical (unpaired) electrons. The van der Waals surface area contributed by atoms with E-state index >= 15 is 0 Å². The smallest absolute Gasteiger partial charge is 0.161 e. The Morgan fingerprint density at radius 2 is 1.87 bits per heavy atom. The maximum atomic E-state index is 9.64. The first-order valence-electron chi connectivity index (χ1n) is 9.59. The van der Waals surface area contributed by atoms with Gasteiger partial charge in [0.15, 0.2) is 11.5 Å². The van der Waals surface area contributed by atoms with Gasteiger partial charge in [-0.2, -0.15) is 5.26 Å². The lowest BCUT2D eigenvalue weighted by Gasteiger charge is -2.11. The van der Waals surface area contributed by atoms with Crippen LogP contribution in [-0.2, 0) is 6.61 Å². The highest BCUT2D eigenvalue weighted by Gasteiger charge is 2.10. The standard InChI is InChI=1S/C25H21N3O2/c1-17-7-9-18(10-8-17)16-30-23-12-11-19(14-24(23)29-2)13-20(15-26)25-27-21-5-3-4-6-22(21)28-25/h3-14H,16H2,1-2H3,(H,27,28)/b20-13+. The SMILES string of the molecule is COc1cc(/C=C(\C#N)c2nc3ccccc3[nH]2)ccc1OCc1ccc(C)cc1. The molecule has 1 N–H and O–H groups in total. The molecule has 0 aliphatic rings. The molecule has 0 bridgehead atoms. The fourth-order valence-corrected chi connectivity index (χ4v) is 3.14. The first-order chi connectivity index (χ1) is 14.7. The van der Waals surface area contributed by atoms with E-state index in [2.05, 4.69) is 35.1 Å². The third-order valence-corrected chi connectivity index (χ3v) is 4.78. The fraction of sp³-hybridized carbons (Fsp3) is 0.120. The van der Waals surface area contributed by atoms with Crippen molar-refractivity contribution in [2.24, 2.45) is 0 Å². The third kappa shape index (κ3) is 4.18. The molecular formula is C25H21N3O2. The van der Waals surface area contributed by atoms with E-state index in [9.17, 15) is 5.26 Å². The summed E-state index contributed by atoms with van der Waals surface area (Å²) >= 11 is 0. The van der Waals surface area contributed by atoms with Crippen LogP contribution in [-0.4, -0.2) is 17.1 Å². The Kier molecular flexibility index (Phi) is 5.49.